The van der Waals surface area contributed by atoms with Crippen LogP contribution in [-0.4, -0.2) is 56.3 Å². The number of aromatic nitrogens is 5. The molecule has 1 aliphatic heterocycles. The molecule has 1 N–H and O–H groups in total. The van der Waals surface area contributed by atoms with E-state index in [-0.39, 0.29) is 5.78 Å². The summed E-state index contributed by atoms with van der Waals surface area (Å²) in [5, 5.41) is 15.1. The molecule has 0 bridgehead atoms. The van der Waals surface area contributed by atoms with E-state index < -0.39 is 5.60 Å². The van der Waals surface area contributed by atoms with Gasteiger partial charge in [-0.05, 0) is 43.2 Å². The Hall–Kier alpha value is -3.33. The van der Waals surface area contributed by atoms with Crippen LogP contribution >= 0.6 is 0 Å². The van der Waals surface area contributed by atoms with Crippen LogP contribution in [0.1, 0.15) is 30.1 Å². The topological polar surface area (TPSA) is 104 Å². The lowest BCUT2D eigenvalue weighted by Gasteiger charge is -2.38. The van der Waals surface area contributed by atoms with Crippen molar-refractivity contribution in [3.63, 3.8) is 0 Å². The predicted molar refractivity (Wildman–Crippen MR) is 104 cm³/mol. The van der Waals surface area contributed by atoms with E-state index in [0.717, 1.165) is 6.42 Å². The van der Waals surface area contributed by atoms with Crippen molar-refractivity contribution in [2.75, 3.05) is 13.7 Å². The lowest BCUT2D eigenvalue weighted by Crippen LogP contribution is -2.58. The van der Waals surface area contributed by atoms with E-state index in [0.29, 0.717) is 41.9 Å². The van der Waals surface area contributed by atoms with Crippen LogP contribution in [0.2, 0.25) is 0 Å². The maximum absolute atomic E-state index is 13.8. The van der Waals surface area contributed by atoms with Crippen molar-refractivity contribution in [3.05, 3.63) is 54.5 Å². The number of Topliss-reactive ketones (excluding diaryl/α,β-unsaturated/α-hetero) is 1. The molecule has 2 atom stereocenters. The Morgan fingerprint density at radius 3 is 2.90 bits per heavy atom. The number of methoxy groups -OCH3 is 1. The van der Waals surface area contributed by atoms with Gasteiger partial charge < -0.3 is 14.8 Å². The number of benzene rings is 1. The zero-order valence-electron chi connectivity index (χ0n) is 16.3. The molecule has 0 aliphatic carbocycles. The van der Waals surface area contributed by atoms with Crippen molar-refractivity contribution in [1.82, 2.24) is 30.5 Å². The summed E-state index contributed by atoms with van der Waals surface area (Å²) in [6.45, 7) is 2.45. The van der Waals surface area contributed by atoms with Gasteiger partial charge in [-0.1, -0.05) is 12.1 Å². The Balaban J connectivity index is 1.73. The Labute approximate surface area is 168 Å². The fraction of sp³-hybridized carbons (Fsp3) is 0.350. The second-order valence-corrected chi connectivity index (χ2v) is 7.02. The highest BCUT2D eigenvalue weighted by atomic mass is 16.5. The van der Waals surface area contributed by atoms with Crippen molar-refractivity contribution >= 4 is 5.78 Å². The molecule has 4 rings (SSSR count). The van der Waals surface area contributed by atoms with Gasteiger partial charge >= 0.3 is 0 Å². The van der Waals surface area contributed by atoms with Gasteiger partial charge in [0.15, 0.2) is 11.9 Å². The van der Waals surface area contributed by atoms with E-state index in [1.807, 2.05) is 12.1 Å². The maximum Gasteiger partial charge on any atom is 0.218 e. The average Bonchev–Trinajstić information content (AvgIpc) is 3.30. The first-order chi connectivity index (χ1) is 14.1. The minimum absolute atomic E-state index is 0.158. The third kappa shape index (κ3) is 3.81. The number of carbonyl (C=O) groups is 1. The average molecular weight is 394 g/mol. The summed E-state index contributed by atoms with van der Waals surface area (Å²) in [7, 11) is 1.57. The van der Waals surface area contributed by atoms with E-state index in [2.05, 4.69) is 32.6 Å². The quantitative estimate of drug-likeness (QED) is 0.632. The molecule has 3 heterocycles. The van der Waals surface area contributed by atoms with Crippen LogP contribution in [0.3, 0.4) is 0 Å². The highest BCUT2D eigenvalue weighted by Gasteiger charge is 2.45. The van der Waals surface area contributed by atoms with Crippen molar-refractivity contribution < 1.29 is 14.3 Å². The second-order valence-electron chi connectivity index (χ2n) is 7.02. The Bertz CT molecular complexity index is 983. The summed E-state index contributed by atoms with van der Waals surface area (Å²) in [5.41, 5.74) is -0.0947. The largest absolute Gasteiger partial charge is 0.497 e. The van der Waals surface area contributed by atoms with E-state index in [1.54, 1.807) is 37.6 Å². The predicted octanol–water partition coefficient (Wildman–Crippen LogP) is 1.84. The number of ether oxygens (including phenoxy) is 2. The summed E-state index contributed by atoms with van der Waals surface area (Å²) in [4.78, 5) is 19.4. The number of pyridine rings is 1. The molecule has 0 radical (unpaired) electrons. The minimum atomic E-state index is -1.11. The molecule has 150 valence electrons. The van der Waals surface area contributed by atoms with Crippen LogP contribution in [-0.2, 0) is 0 Å². The molecule has 0 amide bonds. The molecule has 2 aromatic heterocycles. The summed E-state index contributed by atoms with van der Waals surface area (Å²) in [6.07, 6.45) is 4.27. The first-order valence-corrected chi connectivity index (χ1v) is 9.41. The van der Waals surface area contributed by atoms with Crippen LogP contribution in [0.5, 0.6) is 11.6 Å². The van der Waals surface area contributed by atoms with Gasteiger partial charge in [-0.25, -0.2) is 4.98 Å². The number of piperidine rings is 1. The molecule has 9 heteroatoms. The Kier molecular flexibility index (Phi) is 5.22. The molecule has 3 aromatic rings. The van der Waals surface area contributed by atoms with Gasteiger partial charge in [0, 0.05) is 30.4 Å². The summed E-state index contributed by atoms with van der Waals surface area (Å²) < 4.78 is 11.5. The number of nitrogens with one attached hydrogen (secondary N) is 1. The van der Waals surface area contributed by atoms with E-state index >= 15 is 0 Å². The molecule has 0 saturated carbocycles. The standard InChI is InChI=1S/C20H22N6O3/c1-14-7-9-20(12-22-14,29-18-11-15(28-2)8-10-21-18)19(27)16-5-3-4-6-17(16)26-24-13-23-25-26/h3-6,8,10-11,13-14,22H,7,9,12H2,1-2H3/t14-,20-/m1/s1. The molecule has 0 spiro atoms. The molecular formula is C20H22N6O3. The van der Waals surface area contributed by atoms with Crippen LogP contribution in [0.15, 0.2) is 48.9 Å². The molecule has 0 unspecified atom stereocenters. The number of hydrogen-bond donors (Lipinski definition) is 1. The molecule has 1 aromatic carbocycles. The van der Waals surface area contributed by atoms with Crippen molar-refractivity contribution in [2.45, 2.75) is 31.4 Å². The monoisotopic (exact) mass is 394 g/mol. The number of rotatable bonds is 6. The van der Waals surface area contributed by atoms with E-state index in [1.165, 1.54) is 11.1 Å². The van der Waals surface area contributed by atoms with Crippen molar-refractivity contribution in [3.8, 4) is 17.3 Å². The first kappa shape index (κ1) is 19.0. The molecule has 9 nitrogen and oxygen atoms in total. The van der Waals surface area contributed by atoms with Crippen molar-refractivity contribution in [2.24, 2.45) is 0 Å². The third-order valence-electron chi connectivity index (χ3n) is 5.09. The van der Waals surface area contributed by atoms with Crippen molar-refractivity contribution in [1.29, 1.82) is 0 Å². The third-order valence-corrected chi connectivity index (χ3v) is 5.09. The number of carbonyl (C=O) groups excluding carboxylic acids is 1. The minimum Gasteiger partial charge on any atom is -0.497 e. The number of para-hydroxylation sites is 1. The van der Waals surface area contributed by atoms with Gasteiger partial charge in [-0.3, -0.25) is 4.79 Å². The number of hydrogen-bond acceptors (Lipinski definition) is 8. The van der Waals surface area contributed by atoms with Gasteiger partial charge in [0.25, 0.3) is 0 Å². The number of tetrazole rings is 1. The van der Waals surface area contributed by atoms with Gasteiger partial charge in [-0.15, -0.1) is 15.0 Å². The zero-order chi connectivity index (χ0) is 20.3. The van der Waals surface area contributed by atoms with Gasteiger partial charge in [0.1, 0.15) is 5.75 Å². The summed E-state index contributed by atoms with van der Waals surface area (Å²) in [6, 6.07) is 10.9. The van der Waals surface area contributed by atoms with E-state index in [4.69, 9.17) is 9.47 Å². The van der Waals surface area contributed by atoms with Crippen LogP contribution in [0.4, 0.5) is 0 Å². The zero-order valence-corrected chi connectivity index (χ0v) is 16.3. The highest BCUT2D eigenvalue weighted by Crippen LogP contribution is 2.31. The SMILES string of the molecule is COc1ccnc(O[C@]2(C(=O)c3ccccc3-n3ncnn3)CC[C@@H](C)NC2)c1. The van der Waals surface area contributed by atoms with Gasteiger partial charge in [0.05, 0.1) is 12.8 Å². The molecule has 1 aliphatic rings. The lowest BCUT2D eigenvalue weighted by molar-refractivity contribution is 0.0263. The number of nitrogens with zero attached hydrogens (tertiary/aromatic N) is 5. The maximum atomic E-state index is 13.8. The van der Waals surface area contributed by atoms with Crippen LogP contribution in [0.25, 0.3) is 5.69 Å². The summed E-state index contributed by atoms with van der Waals surface area (Å²) in [5.74, 6) is 0.793. The normalized spacial score (nSPS) is 21.5. The smallest absolute Gasteiger partial charge is 0.218 e. The molecule has 1 saturated heterocycles. The Morgan fingerprint density at radius 2 is 2.17 bits per heavy atom. The molecule has 29 heavy (non-hydrogen) atoms. The first-order valence-electron chi connectivity index (χ1n) is 9.41. The lowest BCUT2D eigenvalue weighted by atomic mass is 9.83. The van der Waals surface area contributed by atoms with Crippen LogP contribution < -0.4 is 14.8 Å². The summed E-state index contributed by atoms with van der Waals surface area (Å²) >= 11 is 0. The second kappa shape index (κ2) is 7.96. The van der Waals surface area contributed by atoms with Gasteiger partial charge in [-0.2, -0.15) is 0 Å². The molecule has 1 fully saturated rings. The van der Waals surface area contributed by atoms with Crippen LogP contribution in [0, 0.1) is 0 Å². The fourth-order valence-electron chi connectivity index (χ4n) is 3.44. The van der Waals surface area contributed by atoms with E-state index in [9.17, 15) is 4.79 Å². The fourth-order valence-corrected chi connectivity index (χ4v) is 3.44. The Morgan fingerprint density at radius 1 is 1.31 bits per heavy atom. The molecular weight excluding hydrogens is 372 g/mol. The van der Waals surface area contributed by atoms with Gasteiger partial charge in [0.2, 0.25) is 11.7 Å². The highest BCUT2D eigenvalue weighted by molar-refractivity contribution is 6.05. The number of ketones is 1.